The van der Waals surface area contributed by atoms with Crippen molar-refractivity contribution in [1.29, 1.82) is 0 Å². The maximum Gasteiger partial charge on any atom is 0.210 e. The fourth-order valence-corrected chi connectivity index (χ4v) is 2.39. The van der Waals surface area contributed by atoms with E-state index in [4.69, 9.17) is 4.74 Å². The van der Waals surface area contributed by atoms with E-state index in [9.17, 15) is 4.79 Å². The van der Waals surface area contributed by atoms with Crippen LogP contribution in [0.25, 0.3) is 0 Å². The second-order valence-electron chi connectivity index (χ2n) is 4.38. The van der Waals surface area contributed by atoms with Crippen molar-refractivity contribution in [3.63, 3.8) is 0 Å². The van der Waals surface area contributed by atoms with Gasteiger partial charge in [0.05, 0.1) is 4.88 Å². The zero-order chi connectivity index (χ0) is 13.0. The fraction of sp³-hybridized carbons (Fsp3) is 0.267. The molecule has 3 heteroatoms. The van der Waals surface area contributed by atoms with E-state index in [0.29, 0.717) is 5.92 Å². The van der Waals surface area contributed by atoms with Crippen molar-refractivity contribution in [3.05, 3.63) is 52.2 Å². The Labute approximate surface area is 111 Å². The van der Waals surface area contributed by atoms with Crippen LogP contribution in [0.15, 0.2) is 41.8 Å². The summed E-state index contributed by atoms with van der Waals surface area (Å²) in [5.41, 5.74) is 1.14. The Morgan fingerprint density at radius 1 is 1.22 bits per heavy atom. The first-order valence-corrected chi connectivity index (χ1v) is 6.85. The van der Waals surface area contributed by atoms with E-state index >= 15 is 0 Å². The number of benzene rings is 1. The molecule has 2 aromatic rings. The van der Waals surface area contributed by atoms with Gasteiger partial charge in [0, 0.05) is 0 Å². The summed E-state index contributed by atoms with van der Waals surface area (Å²) in [6.07, 6.45) is 0. The molecule has 0 saturated heterocycles. The number of thiophene rings is 1. The van der Waals surface area contributed by atoms with Gasteiger partial charge in [-0.15, -0.1) is 11.3 Å². The quantitative estimate of drug-likeness (QED) is 0.755. The highest BCUT2D eigenvalue weighted by Gasteiger charge is 2.11. The molecule has 0 aliphatic rings. The Balaban J connectivity index is 2.04. The Hall–Kier alpha value is -1.61. The van der Waals surface area contributed by atoms with Gasteiger partial charge in [-0.05, 0) is 29.0 Å². The number of Topliss-reactive ketones (excluding diaryl/α,β-unsaturated/α-hetero) is 1. The van der Waals surface area contributed by atoms with Crippen molar-refractivity contribution in [2.24, 2.45) is 0 Å². The summed E-state index contributed by atoms with van der Waals surface area (Å²) in [6, 6.07) is 11.6. The van der Waals surface area contributed by atoms with E-state index in [2.05, 4.69) is 13.8 Å². The highest BCUT2D eigenvalue weighted by Crippen LogP contribution is 2.26. The third kappa shape index (κ3) is 2.99. The topological polar surface area (TPSA) is 26.3 Å². The highest BCUT2D eigenvalue weighted by atomic mass is 32.1. The minimum Gasteiger partial charge on any atom is -0.485 e. The van der Waals surface area contributed by atoms with Crippen LogP contribution < -0.4 is 4.74 Å². The first kappa shape index (κ1) is 12.8. The summed E-state index contributed by atoms with van der Waals surface area (Å²) >= 11 is 1.45. The molecule has 0 atom stereocenters. The van der Waals surface area contributed by atoms with Crippen molar-refractivity contribution in [2.45, 2.75) is 19.8 Å². The van der Waals surface area contributed by atoms with Crippen LogP contribution in [0.5, 0.6) is 5.75 Å². The molecule has 0 aliphatic heterocycles. The number of para-hydroxylation sites is 1. The fourth-order valence-electron chi connectivity index (χ4n) is 1.74. The van der Waals surface area contributed by atoms with Crippen molar-refractivity contribution >= 4 is 17.1 Å². The van der Waals surface area contributed by atoms with Crippen molar-refractivity contribution in [1.82, 2.24) is 0 Å². The molecule has 1 aromatic heterocycles. The molecule has 0 fully saturated rings. The van der Waals surface area contributed by atoms with Gasteiger partial charge in [0.1, 0.15) is 5.75 Å². The van der Waals surface area contributed by atoms with Gasteiger partial charge < -0.3 is 4.74 Å². The molecule has 0 spiro atoms. The Bertz CT molecular complexity index is 515. The number of ketones is 1. The SMILES string of the molecule is CC(C)c1ccccc1OCC(=O)c1cccs1. The molecular weight excluding hydrogens is 244 g/mol. The summed E-state index contributed by atoms with van der Waals surface area (Å²) < 4.78 is 5.64. The van der Waals surface area contributed by atoms with Crippen LogP contribution in [0.4, 0.5) is 0 Å². The molecule has 0 aliphatic carbocycles. The molecule has 0 N–H and O–H groups in total. The van der Waals surface area contributed by atoms with Crippen molar-refractivity contribution in [2.75, 3.05) is 6.61 Å². The molecule has 2 nitrogen and oxygen atoms in total. The molecule has 0 saturated carbocycles. The van der Waals surface area contributed by atoms with E-state index in [-0.39, 0.29) is 12.4 Å². The van der Waals surface area contributed by atoms with Gasteiger partial charge in [0.2, 0.25) is 5.78 Å². The monoisotopic (exact) mass is 260 g/mol. The predicted octanol–water partition coefficient (Wildman–Crippen LogP) is 4.13. The summed E-state index contributed by atoms with van der Waals surface area (Å²) in [6.45, 7) is 4.33. The standard InChI is InChI=1S/C15H16O2S/c1-11(2)12-6-3-4-7-14(12)17-10-13(16)15-8-5-9-18-15/h3-9,11H,10H2,1-2H3. The Kier molecular flexibility index (Phi) is 4.15. The van der Waals surface area contributed by atoms with Crippen LogP contribution in [-0.2, 0) is 0 Å². The van der Waals surface area contributed by atoms with Gasteiger partial charge in [0.25, 0.3) is 0 Å². The zero-order valence-corrected chi connectivity index (χ0v) is 11.4. The maximum atomic E-state index is 11.8. The lowest BCUT2D eigenvalue weighted by Gasteiger charge is -2.12. The highest BCUT2D eigenvalue weighted by molar-refractivity contribution is 7.12. The van der Waals surface area contributed by atoms with Crippen molar-refractivity contribution in [3.8, 4) is 5.75 Å². The van der Waals surface area contributed by atoms with E-state index < -0.39 is 0 Å². The van der Waals surface area contributed by atoms with Gasteiger partial charge >= 0.3 is 0 Å². The summed E-state index contributed by atoms with van der Waals surface area (Å²) in [5.74, 6) is 1.22. The first-order chi connectivity index (χ1) is 8.68. The lowest BCUT2D eigenvalue weighted by atomic mass is 10.0. The number of hydrogen-bond acceptors (Lipinski definition) is 3. The zero-order valence-electron chi connectivity index (χ0n) is 10.6. The van der Waals surface area contributed by atoms with Gasteiger partial charge in [-0.1, -0.05) is 38.1 Å². The maximum absolute atomic E-state index is 11.8. The summed E-state index contributed by atoms with van der Waals surface area (Å²) in [5, 5.41) is 1.90. The van der Waals surface area contributed by atoms with Gasteiger partial charge in [-0.3, -0.25) is 4.79 Å². The molecule has 94 valence electrons. The van der Waals surface area contributed by atoms with Crippen LogP contribution in [-0.4, -0.2) is 12.4 Å². The molecule has 2 rings (SSSR count). The van der Waals surface area contributed by atoms with Crippen LogP contribution in [0.2, 0.25) is 0 Å². The summed E-state index contributed by atoms with van der Waals surface area (Å²) in [7, 11) is 0. The number of carbonyl (C=O) groups excluding carboxylic acids is 1. The molecule has 0 amide bonds. The van der Waals surface area contributed by atoms with Crippen LogP contribution >= 0.6 is 11.3 Å². The third-order valence-corrected chi connectivity index (χ3v) is 3.61. The molecule has 0 unspecified atom stereocenters. The van der Waals surface area contributed by atoms with Crippen LogP contribution in [0.1, 0.15) is 35.0 Å². The average Bonchev–Trinajstić information content (AvgIpc) is 2.90. The molecule has 18 heavy (non-hydrogen) atoms. The van der Waals surface area contributed by atoms with Gasteiger partial charge in [-0.25, -0.2) is 0 Å². The third-order valence-electron chi connectivity index (χ3n) is 2.70. The molecule has 0 radical (unpaired) electrons. The Morgan fingerprint density at radius 2 is 2.00 bits per heavy atom. The number of rotatable bonds is 5. The van der Waals surface area contributed by atoms with E-state index in [1.807, 2.05) is 41.8 Å². The average molecular weight is 260 g/mol. The molecule has 0 bridgehead atoms. The van der Waals surface area contributed by atoms with Gasteiger partial charge in [0.15, 0.2) is 6.61 Å². The number of ether oxygens (including phenoxy) is 1. The minimum absolute atomic E-state index is 0.0311. The lowest BCUT2D eigenvalue weighted by molar-refractivity contribution is 0.0924. The molecule has 1 heterocycles. The minimum atomic E-state index is 0.0311. The van der Waals surface area contributed by atoms with Crippen LogP contribution in [0, 0.1) is 0 Å². The number of hydrogen-bond donors (Lipinski definition) is 0. The van der Waals surface area contributed by atoms with E-state index in [0.717, 1.165) is 16.2 Å². The summed E-state index contributed by atoms with van der Waals surface area (Å²) in [4.78, 5) is 12.6. The van der Waals surface area contributed by atoms with E-state index in [1.165, 1.54) is 11.3 Å². The second-order valence-corrected chi connectivity index (χ2v) is 5.33. The smallest absolute Gasteiger partial charge is 0.210 e. The second kappa shape index (κ2) is 5.83. The number of carbonyl (C=O) groups is 1. The van der Waals surface area contributed by atoms with Crippen LogP contribution in [0.3, 0.4) is 0 Å². The predicted molar refractivity (Wildman–Crippen MR) is 74.7 cm³/mol. The molecule has 1 aromatic carbocycles. The van der Waals surface area contributed by atoms with E-state index in [1.54, 1.807) is 0 Å². The normalized spacial score (nSPS) is 10.6. The molecular formula is C15H16O2S. The lowest BCUT2D eigenvalue weighted by Crippen LogP contribution is -2.11. The van der Waals surface area contributed by atoms with Crippen molar-refractivity contribution < 1.29 is 9.53 Å². The Morgan fingerprint density at radius 3 is 2.67 bits per heavy atom. The first-order valence-electron chi connectivity index (χ1n) is 5.97. The van der Waals surface area contributed by atoms with Gasteiger partial charge in [-0.2, -0.15) is 0 Å². The largest absolute Gasteiger partial charge is 0.485 e.